The Morgan fingerprint density at radius 3 is 2.53 bits per heavy atom. The molecule has 3 aromatic rings. The van der Waals surface area contributed by atoms with E-state index in [0.717, 1.165) is 11.1 Å². The minimum Gasteiger partial charge on any atom is -0.501 e. The molecular formula is C22H21N3O7. The molecule has 166 valence electrons. The average molecular weight is 439 g/mol. The van der Waals surface area contributed by atoms with E-state index in [1.807, 2.05) is 0 Å². The number of ether oxygens (including phenoxy) is 4. The quantitative estimate of drug-likeness (QED) is 0.506. The number of benzene rings is 2. The van der Waals surface area contributed by atoms with Gasteiger partial charge in [0.15, 0.2) is 28.7 Å². The highest BCUT2D eigenvalue weighted by Crippen LogP contribution is 2.33. The Balaban J connectivity index is 1.51. The zero-order chi connectivity index (χ0) is 22.7. The topological polar surface area (TPSA) is 132 Å². The van der Waals surface area contributed by atoms with Gasteiger partial charge in [-0.05, 0) is 35.4 Å². The zero-order valence-corrected chi connectivity index (χ0v) is 17.4. The summed E-state index contributed by atoms with van der Waals surface area (Å²) in [5, 5.41) is 22.8. The van der Waals surface area contributed by atoms with Crippen molar-refractivity contribution in [2.45, 2.75) is 13.0 Å². The molecule has 4 rings (SSSR count). The Hall–Kier alpha value is -4.21. The lowest BCUT2D eigenvalue weighted by Gasteiger charge is -2.11. The molecule has 0 spiro atoms. The summed E-state index contributed by atoms with van der Waals surface area (Å²) in [5.74, 6) is 0.443. The van der Waals surface area contributed by atoms with Crippen LogP contribution in [0.5, 0.6) is 34.6 Å². The first-order valence-corrected chi connectivity index (χ1v) is 9.65. The van der Waals surface area contributed by atoms with Crippen molar-refractivity contribution in [3.8, 4) is 34.6 Å². The van der Waals surface area contributed by atoms with Gasteiger partial charge in [0.2, 0.25) is 12.5 Å². The van der Waals surface area contributed by atoms with Gasteiger partial charge in [0.05, 0.1) is 14.2 Å². The number of amides is 1. The summed E-state index contributed by atoms with van der Waals surface area (Å²) in [6, 6.07) is 10.5. The van der Waals surface area contributed by atoms with E-state index in [9.17, 15) is 15.0 Å². The average Bonchev–Trinajstić information content (AvgIpc) is 3.27. The summed E-state index contributed by atoms with van der Waals surface area (Å²) in [5.41, 5.74) is 1.21. The van der Waals surface area contributed by atoms with Gasteiger partial charge < -0.3 is 34.5 Å². The number of hydrogen-bond donors (Lipinski definition) is 3. The molecular weight excluding hydrogens is 418 g/mol. The number of carbonyl (C=O) groups is 1. The smallest absolute Gasteiger partial charge is 0.274 e. The first-order valence-electron chi connectivity index (χ1n) is 9.65. The third-order valence-corrected chi connectivity index (χ3v) is 4.83. The molecule has 10 heteroatoms. The summed E-state index contributed by atoms with van der Waals surface area (Å²) in [6.07, 6.45) is 0.191. The molecule has 1 amide bonds. The lowest BCUT2D eigenvalue weighted by Crippen LogP contribution is -2.24. The number of carbonyl (C=O) groups excluding carboxylic acids is 1. The van der Waals surface area contributed by atoms with Crippen molar-refractivity contribution < 1.29 is 34.0 Å². The predicted molar refractivity (Wildman–Crippen MR) is 111 cm³/mol. The van der Waals surface area contributed by atoms with Crippen LogP contribution in [0, 0.1) is 0 Å². The second-order valence-electron chi connectivity index (χ2n) is 6.90. The first kappa shape index (κ1) is 21.0. The number of hydrogen-bond acceptors (Lipinski definition) is 9. The monoisotopic (exact) mass is 439 g/mol. The largest absolute Gasteiger partial charge is 0.501 e. The summed E-state index contributed by atoms with van der Waals surface area (Å²) < 4.78 is 21.1. The van der Waals surface area contributed by atoms with Crippen molar-refractivity contribution >= 4 is 5.91 Å². The number of nitrogens with zero attached hydrogens (tertiary/aromatic N) is 2. The fourth-order valence-electron chi connectivity index (χ4n) is 3.22. The van der Waals surface area contributed by atoms with E-state index in [1.165, 1.54) is 14.2 Å². The highest BCUT2D eigenvalue weighted by atomic mass is 16.7. The van der Waals surface area contributed by atoms with Crippen molar-refractivity contribution in [1.29, 1.82) is 0 Å². The number of methoxy groups -OCH3 is 2. The van der Waals surface area contributed by atoms with Gasteiger partial charge >= 0.3 is 0 Å². The minimum atomic E-state index is -0.691. The Bertz CT molecular complexity index is 1170. The maximum atomic E-state index is 12.6. The molecule has 0 radical (unpaired) electrons. The first-order chi connectivity index (χ1) is 15.5. The van der Waals surface area contributed by atoms with Gasteiger partial charge in [0.25, 0.3) is 11.8 Å². The van der Waals surface area contributed by atoms with Crippen molar-refractivity contribution in [1.82, 2.24) is 15.3 Å². The Morgan fingerprint density at radius 2 is 1.75 bits per heavy atom. The number of aromatic hydroxyl groups is 2. The molecule has 32 heavy (non-hydrogen) atoms. The summed E-state index contributed by atoms with van der Waals surface area (Å²) >= 11 is 0. The molecule has 0 fully saturated rings. The molecule has 1 aliphatic rings. The Morgan fingerprint density at radius 1 is 1.00 bits per heavy atom. The molecule has 10 nitrogen and oxygen atoms in total. The number of rotatable bonds is 7. The van der Waals surface area contributed by atoms with Crippen LogP contribution in [-0.2, 0) is 13.0 Å². The second kappa shape index (κ2) is 8.88. The van der Waals surface area contributed by atoms with Gasteiger partial charge in [-0.15, -0.1) is 0 Å². The molecule has 0 aliphatic carbocycles. The van der Waals surface area contributed by atoms with Crippen LogP contribution in [0.4, 0.5) is 0 Å². The van der Waals surface area contributed by atoms with E-state index in [2.05, 4.69) is 15.3 Å². The van der Waals surface area contributed by atoms with Crippen molar-refractivity contribution in [3.05, 3.63) is 59.0 Å². The second-order valence-corrected chi connectivity index (χ2v) is 6.90. The lowest BCUT2D eigenvalue weighted by atomic mass is 10.1. The van der Waals surface area contributed by atoms with Gasteiger partial charge in [-0.25, -0.2) is 4.98 Å². The third-order valence-electron chi connectivity index (χ3n) is 4.83. The van der Waals surface area contributed by atoms with Crippen LogP contribution in [0.15, 0.2) is 36.4 Å². The summed E-state index contributed by atoms with van der Waals surface area (Å²) in [7, 11) is 3.06. The molecule has 3 N–H and O–H groups in total. The number of nitrogens with one attached hydrogen (secondary N) is 1. The van der Waals surface area contributed by atoms with Crippen LogP contribution in [0.25, 0.3) is 0 Å². The molecule has 0 bridgehead atoms. The van der Waals surface area contributed by atoms with Crippen molar-refractivity contribution in [2.24, 2.45) is 0 Å². The molecule has 2 aromatic carbocycles. The van der Waals surface area contributed by atoms with Gasteiger partial charge in [-0.2, -0.15) is 4.98 Å². The highest BCUT2D eigenvalue weighted by Gasteiger charge is 2.20. The maximum absolute atomic E-state index is 12.6. The standard InChI is InChI=1S/C22H21N3O7/c1-29-14-5-3-12(7-16(14)30-2)9-18-24-19(20(26)22(28)25-18)21(27)23-10-13-4-6-15-17(8-13)32-11-31-15/h3-8,26H,9-11H2,1-2H3,(H,23,27)(H,24,25,28). The van der Waals surface area contributed by atoms with Gasteiger partial charge in [0, 0.05) is 13.0 Å². The zero-order valence-electron chi connectivity index (χ0n) is 17.4. The molecule has 2 heterocycles. The predicted octanol–water partition coefficient (Wildman–Crippen LogP) is 2.15. The van der Waals surface area contributed by atoms with E-state index < -0.39 is 17.5 Å². The Kier molecular flexibility index (Phi) is 5.84. The van der Waals surface area contributed by atoms with E-state index in [4.69, 9.17) is 18.9 Å². The SMILES string of the molecule is COc1ccc(Cc2nc(O)c(O)c(C(=O)NCc3ccc4c(c3)OCO4)n2)cc1OC. The van der Waals surface area contributed by atoms with E-state index in [0.29, 0.717) is 23.0 Å². The maximum Gasteiger partial charge on any atom is 0.274 e. The Labute approximate surface area is 183 Å². The van der Waals surface area contributed by atoms with Crippen molar-refractivity contribution in [3.63, 3.8) is 0 Å². The summed E-state index contributed by atoms with van der Waals surface area (Å²) in [4.78, 5) is 20.7. The molecule has 1 aromatic heterocycles. The normalized spacial score (nSPS) is 11.8. The molecule has 0 unspecified atom stereocenters. The van der Waals surface area contributed by atoms with Gasteiger partial charge in [-0.1, -0.05) is 12.1 Å². The van der Waals surface area contributed by atoms with Crippen LogP contribution in [0.2, 0.25) is 0 Å². The van der Waals surface area contributed by atoms with Gasteiger partial charge in [-0.3, -0.25) is 4.79 Å². The van der Waals surface area contributed by atoms with Crippen LogP contribution in [0.1, 0.15) is 27.4 Å². The minimum absolute atomic E-state index is 0.153. The number of fused-ring (bicyclic) bond motifs is 1. The van der Waals surface area contributed by atoms with E-state index >= 15 is 0 Å². The third kappa shape index (κ3) is 4.29. The highest BCUT2D eigenvalue weighted by molar-refractivity contribution is 5.95. The van der Waals surface area contributed by atoms with Crippen LogP contribution < -0.4 is 24.3 Å². The summed E-state index contributed by atoms with van der Waals surface area (Å²) in [6.45, 7) is 0.312. The fraction of sp³-hybridized carbons (Fsp3) is 0.227. The molecule has 1 aliphatic heterocycles. The van der Waals surface area contributed by atoms with E-state index in [1.54, 1.807) is 36.4 Å². The van der Waals surface area contributed by atoms with Crippen LogP contribution >= 0.6 is 0 Å². The fourth-order valence-corrected chi connectivity index (χ4v) is 3.22. The van der Waals surface area contributed by atoms with E-state index in [-0.39, 0.29) is 31.3 Å². The van der Waals surface area contributed by atoms with Crippen molar-refractivity contribution in [2.75, 3.05) is 21.0 Å². The molecule has 0 saturated carbocycles. The molecule has 0 saturated heterocycles. The number of aromatic nitrogens is 2. The van der Waals surface area contributed by atoms with Crippen LogP contribution in [0.3, 0.4) is 0 Å². The van der Waals surface area contributed by atoms with Gasteiger partial charge in [0.1, 0.15) is 5.82 Å². The lowest BCUT2D eigenvalue weighted by molar-refractivity contribution is 0.0941. The van der Waals surface area contributed by atoms with Crippen LogP contribution in [-0.4, -0.2) is 47.1 Å². The molecule has 0 atom stereocenters.